The molecule has 2 rings (SSSR count). The fourth-order valence-corrected chi connectivity index (χ4v) is 5.38. The third kappa shape index (κ3) is 6.14. The fraction of sp³-hybridized carbons (Fsp3) is 0.571. The van der Waals surface area contributed by atoms with Gasteiger partial charge in [0.25, 0.3) is 0 Å². The first-order chi connectivity index (χ1) is 15.9. The van der Waals surface area contributed by atoms with Crippen molar-refractivity contribution in [3.63, 3.8) is 0 Å². The first-order valence-electron chi connectivity index (χ1n) is 12.3. The molecule has 0 aromatic heterocycles. The standard InChI is InChI=1S/C28H42O5S/c1-9-27(10-2,24-14-16-26(21(6)18-24)33-34(8,30)31)23-13-15-25(20(5)17-23)32-19-22(7)28(29,11-3)12-4/h13-18,22,29H,9-12,19H2,1-8H3. The van der Waals surface area contributed by atoms with Gasteiger partial charge in [-0.2, -0.15) is 8.42 Å². The third-order valence-electron chi connectivity index (χ3n) is 7.53. The minimum absolute atomic E-state index is 0.0302. The van der Waals surface area contributed by atoms with Crippen molar-refractivity contribution in [2.75, 3.05) is 12.9 Å². The summed E-state index contributed by atoms with van der Waals surface area (Å²) in [6.07, 6.45) is 4.25. The number of aliphatic hydroxyl groups is 1. The van der Waals surface area contributed by atoms with Gasteiger partial charge in [-0.1, -0.05) is 58.9 Å². The molecule has 0 bridgehead atoms. The van der Waals surface area contributed by atoms with Crippen LogP contribution in [-0.4, -0.2) is 32.0 Å². The Morgan fingerprint density at radius 2 is 1.32 bits per heavy atom. The second-order valence-electron chi connectivity index (χ2n) is 9.56. The van der Waals surface area contributed by atoms with E-state index in [0.717, 1.165) is 41.5 Å². The number of aryl methyl sites for hydroxylation is 2. The van der Waals surface area contributed by atoms with Gasteiger partial charge in [0.15, 0.2) is 0 Å². The molecule has 0 aliphatic carbocycles. The zero-order chi connectivity index (χ0) is 25.7. The Hall–Kier alpha value is -2.05. The van der Waals surface area contributed by atoms with Gasteiger partial charge in [-0.05, 0) is 73.9 Å². The van der Waals surface area contributed by atoms with Crippen molar-refractivity contribution >= 4 is 10.1 Å². The summed E-state index contributed by atoms with van der Waals surface area (Å²) in [5.74, 6) is 1.22. The molecule has 0 spiro atoms. The zero-order valence-electron chi connectivity index (χ0n) is 22.1. The molecule has 1 N–H and O–H groups in total. The zero-order valence-corrected chi connectivity index (χ0v) is 22.9. The molecule has 0 heterocycles. The smallest absolute Gasteiger partial charge is 0.306 e. The van der Waals surface area contributed by atoms with Crippen LogP contribution in [0.25, 0.3) is 0 Å². The quantitative estimate of drug-likeness (QED) is 0.353. The van der Waals surface area contributed by atoms with E-state index in [1.54, 1.807) is 6.07 Å². The van der Waals surface area contributed by atoms with Gasteiger partial charge in [0, 0.05) is 11.3 Å². The summed E-state index contributed by atoms with van der Waals surface area (Å²) >= 11 is 0. The van der Waals surface area contributed by atoms with E-state index >= 15 is 0 Å². The maximum atomic E-state index is 11.6. The van der Waals surface area contributed by atoms with Gasteiger partial charge in [-0.25, -0.2) is 0 Å². The highest BCUT2D eigenvalue weighted by Crippen LogP contribution is 2.41. The summed E-state index contributed by atoms with van der Waals surface area (Å²) in [7, 11) is -3.58. The van der Waals surface area contributed by atoms with E-state index < -0.39 is 15.7 Å². The van der Waals surface area contributed by atoms with Crippen molar-refractivity contribution in [3.05, 3.63) is 58.7 Å². The topological polar surface area (TPSA) is 72.8 Å². The minimum Gasteiger partial charge on any atom is -0.493 e. The summed E-state index contributed by atoms with van der Waals surface area (Å²) in [6.45, 7) is 14.8. The molecule has 2 aromatic carbocycles. The summed E-state index contributed by atoms with van der Waals surface area (Å²) in [5.41, 5.74) is 3.26. The number of hydrogen-bond acceptors (Lipinski definition) is 5. The molecule has 0 amide bonds. The average molecular weight is 491 g/mol. The summed E-state index contributed by atoms with van der Waals surface area (Å²) in [5, 5.41) is 10.8. The second kappa shape index (κ2) is 11.1. The van der Waals surface area contributed by atoms with Crippen LogP contribution in [0.1, 0.15) is 82.6 Å². The summed E-state index contributed by atoms with van der Waals surface area (Å²) in [4.78, 5) is 0. The lowest BCUT2D eigenvalue weighted by molar-refractivity contribution is -0.0345. The maximum absolute atomic E-state index is 11.6. The van der Waals surface area contributed by atoms with Gasteiger partial charge >= 0.3 is 10.1 Å². The van der Waals surface area contributed by atoms with Crippen LogP contribution in [0.2, 0.25) is 0 Å². The molecule has 0 radical (unpaired) electrons. The van der Waals surface area contributed by atoms with E-state index in [2.05, 4.69) is 32.9 Å². The van der Waals surface area contributed by atoms with Crippen molar-refractivity contribution in [3.8, 4) is 11.5 Å². The van der Waals surface area contributed by atoms with E-state index in [4.69, 9.17) is 8.92 Å². The van der Waals surface area contributed by atoms with Crippen molar-refractivity contribution < 1.29 is 22.4 Å². The van der Waals surface area contributed by atoms with Crippen LogP contribution in [0, 0.1) is 19.8 Å². The predicted octanol–water partition coefficient (Wildman–Crippen LogP) is 6.31. The van der Waals surface area contributed by atoms with Crippen molar-refractivity contribution in [1.29, 1.82) is 0 Å². The predicted molar refractivity (Wildman–Crippen MR) is 139 cm³/mol. The molecule has 6 heteroatoms. The molecule has 34 heavy (non-hydrogen) atoms. The molecule has 0 fully saturated rings. The molecule has 2 aromatic rings. The van der Waals surface area contributed by atoms with Crippen molar-refractivity contribution in [2.45, 2.75) is 85.2 Å². The van der Waals surface area contributed by atoms with Crippen LogP contribution < -0.4 is 8.92 Å². The molecule has 5 nitrogen and oxygen atoms in total. The van der Waals surface area contributed by atoms with Crippen LogP contribution in [-0.2, 0) is 15.5 Å². The van der Waals surface area contributed by atoms with Gasteiger partial charge < -0.3 is 14.0 Å². The van der Waals surface area contributed by atoms with E-state index in [-0.39, 0.29) is 11.3 Å². The molecular formula is C28H42O5S. The van der Waals surface area contributed by atoms with Gasteiger partial charge in [0.05, 0.1) is 18.5 Å². The van der Waals surface area contributed by atoms with E-state index in [0.29, 0.717) is 25.2 Å². The monoisotopic (exact) mass is 490 g/mol. The first-order valence-corrected chi connectivity index (χ1v) is 14.1. The summed E-state index contributed by atoms with van der Waals surface area (Å²) in [6, 6.07) is 12.1. The first kappa shape index (κ1) is 28.2. The SMILES string of the molecule is CCC(CC)(c1ccc(OCC(C)C(O)(CC)CC)c(C)c1)c1ccc(OS(C)(=O)=O)c(C)c1. The van der Waals surface area contributed by atoms with Crippen LogP contribution in [0.3, 0.4) is 0 Å². The minimum atomic E-state index is -3.58. The highest BCUT2D eigenvalue weighted by atomic mass is 32.2. The van der Waals surface area contributed by atoms with E-state index in [1.807, 2.05) is 45.9 Å². The van der Waals surface area contributed by atoms with Crippen LogP contribution >= 0.6 is 0 Å². The molecule has 1 atom stereocenters. The number of benzene rings is 2. The molecular weight excluding hydrogens is 448 g/mol. The Morgan fingerprint density at radius 1 is 0.853 bits per heavy atom. The van der Waals surface area contributed by atoms with Crippen LogP contribution in [0.5, 0.6) is 11.5 Å². The lowest BCUT2D eigenvalue weighted by atomic mass is 9.70. The van der Waals surface area contributed by atoms with Crippen LogP contribution in [0.4, 0.5) is 0 Å². The Morgan fingerprint density at radius 3 is 1.71 bits per heavy atom. The molecule has 190 valence electrons. The molecule has 0 aliphatic rings. The van der Waals surface area contributed by atoms with E-state index in [1.165, 1.54) is 5.56 Å². The largest absolute Gasteiger partial charge is 0.493 e. The molecule has 0 saturated carbocycles. The normalized spacial score (nSPS) is 13.6. The number of hydrogen-bond donors (Lipinski definition) is 1. The number of ether oxygens (including phenoxy) is 1. The Bertz CT molecular complexity index is 1070. The third-order valence-corrected chi connectivity index (χ3v) is 8.02. The Kier molecular flexibility index (Phi) is 9.23. The second-order valence-corrected chi connectivity index (χ2v) is 11.1. The van der Waals surface area contributed by atoms with Crippen molar-refractivity contribution in [1.82, 2.24) is 0 Å². The number of rotatable bonds is 12. The Labute approximate surface area is 206 Å². The lowest BCUT2D eigenvalue weighted by Gasteiger charge is -2.34. The highest BCUT2D eigenvalue weighted by molar-refractivity contribution is 7.86. The van der Waals surface area contributed by atoms with Gasteiger partial charge in [-0.3, -0.25) is 0 Å². The molecule has 0 saturated heterocycles. The van der Waals surface area contributed by atoms with Crippen molar-refractivity contribution in [2.24, 2.45) is 5.92 Å². The molecule has 1 unspecified atom stereocenters. The lowest BCUT2D eigenvalue weighted by Crippen LogP contribution is -2.38. The molecule has 0 aliphatic heterocycles. The fourth-order valence-electron chi connectivity index (χ4n) is 4.86. The summed E-state index contributed by atoms with van der Waals surface area (Å²) < 4.78 is 34.4. The van der Waals surface area contributed by atoms with Gasteiger partial charge in [0.1, 0.15) is 11.5 Å². The highest BCUT2D eigenvalue weighted by Gasteiger charge is 2.33. The van der Waals surface area contributed by atoms with Crippen LogP contribution in [0.15, 0.2) is 36.4 Å². The Balaban J connectivity index is 2.36. The average Bonchev–Trinajstić information content (AvgIpc) is 2.79. The maximum Gasteiger partial charge on any atom is 0.306 e. The van der Waals surface area contributed by atoms with Gasteiger partial charge in [0.2, 0.25) is 0 Å². The van der Waals surface area contributed by atoms with E-state index in [9.17, 15) is 13.5 Å². The van der Waals surface area contributed by atoms with Gasteiger partial charge in [-0.15, -0.1) is 0 Å².